The van der Waals surface area contributed by atoms with E-state index in [9.17, 15) is 26.4 Å². The lowest BCUT2D eigenvalue weighted by atomic mass is 10.2. The number of nitrogens with one attached hydrogen (secondary N) is 3. The number of sulfonamides is 2. The molecule has 0 atom stereocenters. The Morgan fingerprint density at radius 1 is 1.03 bits per heavy atom. The molecular formula is C18H20N4O6S2. The van der Waals surface area contributed by atoms with Crippen LogP contribution < -0.4 is 15.4 Å². The molecule has 2 aromatic carbocycles. The summed E-state index contributed by atoms with van der Waals surface area (Å²) in [6, 6.07) is 11.0. The van der Waals surface area contributed by atoms with E-state index in [1.807, 2.05) is 0 Å². The molecule has 1 aliphatic heterocycles. The zero-order valence-electron chi connectivity index (χ0n) is 16.0. The first kappa shape index (κ1) is 21.9. The number of benzene rings is 2. The Morgan fingerprint density at radius 3 is 2.37 bits per heavy atom. The molecule has 0 bridgehead atoms. The molecule has 0 saturated carbocycles. The van der Waals surface area contributed by atoms with E-state index in [2.05, 4.69) is 15.4 Å². The van der Waals surface area contributed by atoms with Crippen molar-refractivity contribution in [2.45, 2.75) is 9.79 Å². The molecule has 3 rings (SSSR count). The predicted octanol–water partition coefficient (Wildman–Crippen LogP) is -0.0325. The van der Waals surface area contributed by atoms with Gasteiger partial charge in [0.2, 0.25) is 26.0 Å². The van der Waals surface area contributed by atoms with E-state index >= 15 is 0 Å². The van der Waals surface area contributed by atoms with Crippen molar-refractivity contribution >= 4 is 37.5 Å². The van der Waals surface area contributed by atoms with Crippen LogP contribution in [0.5, 0.6) is 0 Å². The molecule has 160 valence electrons. The second-order valence-electron chi connectivity index (χ2n) is 6.40. The quantitative estimate of drug-likeness (QED) is 0.562. The van der Waals surface area contributed by atoms with Crippen LogP contribution in [0.3, 0.4) is 0 Å². The van der Waals surface area contributed by atoms with E-state index in [0.29, 0.717) is 0 Å². The Labute approximate surface area is 174 Å². The van der Waals surface area contributed by atoms with Crippen LogP contribution in [-0.4, -0.2) is 59.6 Å². The van der Waals surface area contributed by atoms with Crippen molar-refractivity contribution in [1.29, 1.82) is 0 Å². The van der Waals surface area contributed by atoms with Gasteiger partial charge in [-0.05, 0) is 49.5 Å². The van der Waals surface area contributed by atoms with Gasteiger partial charge in [-0.2, -0.15) is 4.31 Å². The number of carbonyl (C=O) groups is 2. The second-order valence-corrected chi connectivity index (χ2v) is 10.2. The molecule has 0 unspecified atom stereocenters. The zero-order chi connectivity index (χ0) is 21.9. The average Bonchev–Trinajstić information content (AvgIpc) is 2.74. The SMILES string of the molecule is CNS(=O)(=O)c1cccc(NC(=O)c2ccc(S(=O)(=O)N3CCNC(=O)C3)cc2)c1. The average molecular weight is 453 g/mol. The number of piperazine rings is 1. The van der Waals surface area contributed by atoms with Crippen LogP contribution >= 0.6 is 0 Å². The summed E-state index contributed by atoms with van der Waals surface area (Å²) in [5.74, 6) is -0.904. The topological polar surface area (TPSA) is 142 Å². The first-order valence-electron chi connectivity index (χ1n) is 8.85. The number of hydrogen-bond donors (Lipinski definition) is 3. The van der Waals surface area contributed by atoms with Gasteiger partial charge < -0.3 is 10.6 Å². The van der Waals surface area contributed by atoms with E-state index in [1.165, 1.54) is 55.6 Å². The van der Waals surface area contributed by atoms with E-state index < -0.39 is 26.0 Å². The highest BCUT2D eigenvalue weighted by molar-refractivity contribution is 7.89. The highest BCUT2D eigenvalue weighted by Gasteiger charge is 2.29. The van der Waals surface area contributed by atoms with Gasteiger partial charge in [-0.15, -0.1) is 0 Å². The molecular weight excluding hydrogens is 432 g/mol. The smallest absolute Gasteiger partial charge is 0.255 e. The van der Waals surface area contributed by atoms with Crippen molar-refractivity contribution in [2.75, 3.05) is 32.0 Å². The molecule has 10 nitrogen and oxygen atoms in total. The Hall–Kier alpha value is -2.80. The molecule has 2 amide bonds. The van der Waals surface area contributed by atoms with Crippen molar-refractivity contribution in [2.24, 2.45) is 0 Å². The lowest BCUT2D eigenvalue weighted by molar-refractivity contribution is -0.122. The maximum atomic E-state index is 12.6. The molecule has 12 heteroatoms. The third-order valence-electron chi connectivity index (χ3n) is 4.43. The van der Waals surface area contributed by atoms with E-state index in [0.717, 1.165) is 4.31 Å². The zero-order valence-corrected chi connectivity index (χ0v) is 17.6. The first-order chi connectivity index (χ1) is 14.1. The summed E-state index contributed by atoms with van der Waals surface area (Å²) in [5, 5.41) is 5.14. The van der Waals surface area contributed by atoms with Crippen molar-refractivity contribution in [3.05, 3.63) is 54.1 Å². The Balaban J connectivity index is 1.76. The molecule has 30 heavy (non-hydrogen) atoms. The number of nitrogens with zero attached hydrogens (tertiary/aromatic N) is 1. The standard InChI is InChI=1S/C18H20N4O6S2/c1-19-29(25,26)16-4-2-3-14(11-16)21-18(24)13-5-7-15(8-6-13)30(27,28)22-10-9-20-17(23)12-22/h2-8,11,19H,9-10,12H2,1H3,(H,20,23)(H,21,24). The number of hydrogen-bond acceptors (Lipinski definition) is 6. The van der Waals surface area contributed by atoms with Gasteiger partial charge in [-0.3, -0.25) is 9.59 Å². The minimum atomic E-state index is -3.85. The summed E-state index contributed by atoms with van der Waals surface area (Å²) in [6.07, 6.45) is 0. The Kier molecular flexibility index (Phi) is 6.22. The molecule has 3 N–H and O–H groups in total. The van der Waals surface area contributed by atoms with Gasteiger partial charge in [0.25, 0.3) is 5.91 Å². The van der Waals surface area contributed by atoms with Gasteiger partial charge in [0.05, 0.1) is 16.3 Å². The molecule has 1 heterocycles. The third kappa shape index (κ3) is 4.67. The maximum absolute atomic E-state index is 12.6. The highest BCUT2D eigenvalue weighted by Crippen LogP contribution is 2.19. The summed E-state index contributed by atoms with van der Waals surface area (Å²) in [4.78, 5) is 23.9. The van der Waals surface area contributed by atoms with Crippen LogP contribution in [0.4, 0.5) is 5.69 Å². The lowest BCUT2D eigenvalue weighted by Crippen LogP contribution is -2.49. The van der Waals surface area contributed by atoms with Gasteiger partial charge in [0.1, 0.15) is 0 Å². The molecule has 2 aromatic rings. The van der Waals surface area contributed by atoms with E-state index in [-0.39, 0.29) is 46.6 Å². The normalized spacial score (nSPS) is 15.4. The van der Waals surface area contributed by atoms with Crippen molar-refractivity contribution < 1.29 is 26.4 Å². The third-order valence-corrected chi connectivity index (χ3v) is 7.70. The molecule has 0 radical (unpaired) electrons. The largest absolute Gasteiger partial charge is 0.354 e. The summed E-state index contributed by atoms with van der Waals surface area (Å²) in [7, 11) is -6.23. The fraction of sp³-hybridized carbons (Fsp3) is 0.222. The fourth-order valence-electron chi connectivity index (χ4n) is 2.81. The molecule has 0 aromatic heterocycles. The molecule has 0 spiro atoms. The molecule has 1 fully saturated rings. The summed E-state index contributed by atoms with van der Waals surface area (Å²) < 4.78 is 52.3. The van der Waals surface area contributed by atoms with Gasteiger partial charge in [-0.1, -0.05) is 6.07 Å². The van der Waals surface area contributed by atoms with E-state index in [1.54, 1.807) is 0 Å². The van der Waals surface area contributed by atoms with Crippen LogP contribution in [0.1, 0.15) is 10.4 Å². The lowest BCUT2D eigenvalue weighted by Gasteiger charge is -2.25. The van der Waals surface area contributed by atoms with Crippen LogP contribution in [0, 0.1) is 0 Å². The van der Waals surface area contributed by atoms with Gasteiger partial charge in [0.15, 0.2) is 0 Å². The number of amides is 2. The highest BCUT2D eigenvalue weighted by atomic mass is 32.2. The monoisotopic (exact) mass is 452 g/mol. The van der Waals surface area contributed by atoms with Crippen LogP contribution in [-0.2, 0) is 24.8 Å². The van der Waals surface area contributed by atoms with Gasteiger partial charge >= 0.3 is 0 Å². The molecule has 0 aliphatic carbocycles. The number of anilines is 1. The predicted molar refractivity (Wildman–Crippen MR) is 109 cm³/mol. The van der Waals surface area contributed by atoms with Crippen molar-refractivity contribution in [3.8, 4) is 0 Å². The number of rotatable bonds is 6. The second kappa shape index (κ2) is 8.52. The summed E-state index contributed by atoms with van der Waals surface area (Å²) in [5.41, 5.74) is 0.458. The first-order valence-corrected chi connectivity index (χ1v) is 11.8. The molecule has 1 saturated heterocycles. The Bertz CT molecular complexity index is 1180. The van der Waals surface area contributed by atoms with Gasteiger partial charge in [-0.25, -0.2) is 21.6 Å². The van der Waals surface area contributed by atoms with Crippen LogP contribution in [0.25, 0.3) is 0 Å². The fourth-order valence-corrected chi connectivity index (χ4v) is 4.98. The minimum absolute atomic E-state index is 0.00481. The Morgan fingerprint density at radius 2 is 1.73 bits per heavy atom. The van der Waals surface area contributed by atoms with Gasteiger partial charge in [0, 0.05) is 24.3 Å². The van der Waals surface area contributed by atoms with Crippen molar-refractivity contribution in [1.82, 2.24) is 14.3 Å². The maximum Gasteiger partial charge on any atom is 0.255 e. The van der Waals surface area contributed by atoms with Crippen molar-refractivity contribution in [3.63, 3.8) is 0 Å². The van der Waals surface area contributed by atoms with Crippen LogP contribution in [0.15, 0.2) is 58.3 Å². The summed E-state index contributed by atoms with van der Waals surface area (Å²) >= 11 is 0. The minimum Gasteiger partial charge on any atom is -0.354 e. The van der Waals surface area contributed by atoms with E-state index in [4.69, 9.17) is 0 Å². The number of carbonyl (C=O) groups excluding carboxylic acids is 2. The molecule has 1 aliphatic rings. The van der Waals surface area contributed by atoms with Crippen LogP contribution in [0.2, 0.25) is 0 Å². The summed E-state index contributed by atoms with van der Waals surface area (Å²) in [6.45, 7) is 0.152.